The highest BCUT2D eigenvalue weighted by Crippen LogP contribution is 2.27. The van der Waals surface area contributed by atoms with E-state index in [-0.39, 0.29) is 36.3 Å². The monoisotopic (exact) mass is 388 g/mol. The van der Waals surface area contributed by atoms with Crippen molar-refractivity contribution in [2.75, 3.05) is 16.0 Å². The summed E-state index contributed by atoms with van der Waals surface area (Å²) in [5.74, 6) is 0.214. The molecule has 1 saturated carbocycles. The molecule has 144 valence electrons. The minimum Gasteiger partial charge on any atom is -0.327 e. The molecule has 2 atom stereocenters. The molecule has 0 aromatic heterocycles. The molecule has 6 nitrogen and oxygen atoms in total. The number of hydrogen-bond donors (Lipinski definition) is 4. The number of benzene rings is 2. The minimum atomic E-state index is -0.336. The van der Waals surface area contributed by atoms with E-state index < -0.39 is 0 Å². The Kier molecular flexibility index (Phi) is 7.64. The fourth-order valence-electron chi connectivity index (χ4n) is 3.26. The lowest BCUT2D eigenvalue weighted by atomic mass is 10.00. The first-order valence-corrected chi connectivity index (χ1v) is 8.89. The van der Waals surface area contributed by atoms with E-state index in [9.17, 15) is 9.59 Å². The molecule has 1 fully saturated rings. The van der Waals surface area contributed by atoms with Crippen LogP contribution in [-0.2, 0) is 4.79 Å². The van der Waals surface area contributed by atoms with E-state index in [0.717, 1.165) is 19.3 Å². The standard InChI is InChI=1S/C20H24N4O2.ClH/c21-18-11-4-6-14(18)12-19(25)22-16-9-5-10-17(13-16)24-20(26)23-15-7-2-1-3-8-15;/h1-3,5,7-10,13-14,18H,4,6,11-12,21H2,(H,22,25)(H2,23,24,26);1H/t14-,18+;/m0./s1. The van der Waals surface area contributed by atoms with E-state index in [1.54, 1.807) is 24.3 Å². The molecule has 27 heavy (non-hydrogen) atoms. The van der Waals surface area contributed by atoms with Gasteiger partial charge in [0.2, 0.25) is 5.91 Å². The van der Waals surface area contributed by atoms with E-state index in [4.69, 9.17) is 5.73 Å². The first-order valence-electron chi connectivity index (χ1n) is 8.89. The SMILES string of the molecule is Cl.N[C@@H]1CCC[C@H]1CC(=O)Nc1cccc(NC(=O)Nc2ccccc2)c1. The van der Waals surface area contributed by atoms with Crippen molar-refractivity contribution >= 4 is 41.4 Å². The van der Waals surface area contributed by atoms with Gasteiger partial charge in [-0.3, -0.25) is 4.79 Å². The molecule has 0 heterocycles. The van der Waals surface area contributed by atoms with Gasteiger partial charge in [0, 0.05) is 29.5 Å². The molecule has 0 unspecified atom stereocenters. The number of anilines is 3. The third kappa shape index (κ3) is 6.27. The molecule has 2 aromatic rings. The van der Waals surface area contributed by atoms with Crippen LogP contribution in [0.2, 0.25) is 0 Å². The maximum atomic E-state index is 12.2. The van der Waals surface area contributed by atoms with Gasteiger partial charge in [0.1, 0.15) is 0 Å². The summed E-state index contributed by atoms with van der Waals surface area (Å²) in [6, 6.07) is 16.1. The number of rotatable bonds is 5. The summed E-state index contributed by atoms with van der Waals surface area (Å²) < 4.78 is 0. The lowest BCUT2D eigenvalue weighted by molar-refractivity contribution is -0.117. The third-order valence-corrected chi connectivity index (χ3v) is 4.60. The maximum absolute atomic E-state index is 12.2. The average Bonchev–Trinajstić information content (AvgIpc) is 3.00. The molecule has 0 aliphatic heterocycles. The number of nitrogens with two attached hydrogens (primary N) is 1. The second kappa shape index (κ2) is 9.94. The van der Waals surface area contributed by atoms with Crippen LogP contribution in [0.1, 0.15) is 25.7 Å². The summed E-state index contributed by atoms with van der Waals surface area (Å²) in [5.41, 5.74) is 8.00. The second-order valence-corrected chi connectivity index (χ2v) is 6.63. The van der Waals surface area contributed by atoms with E-state index in [1.807, 2.05) is 30.3 Å². The summed E-state index contributed by atoms with van der Waals surface area (Å²) in [6.07, 6.45) is 3.53. The number of para-hydroxylation sites is 1. The van der Waals surface area contributed by atoms with Crippen molar-refractivity contribution in [2.45, 2.75) is 31.7 Å². The quantitative estimate of drug-likeness (QED) is 0.617. The molecule has 0 bridgehead atoms. The van der Waals surface area contributed by atoms with Crippen molar-refractivity contribution in [1.82, 2.24) is 0 Å². The lowest BCUT2D eigenvalue weighted by Gasteiger charge is -2.15. The van der Waals surface area contributed by atoms with E-state index >= 15 is 0 Å². The smallest absolute Gasteiger partial charge is 0.323 e. The predicted molar refractivity (Wildman–Crippen MR) is 111 cm³/mol. The van der Waals surface area contributed by atoms with Gasteiger partial charge in [0.05, 0.1) is 0 Å². The van der Waals surface area contributed by atoms with E-state index in [1.165, 1.54) is 0 Å². The predicted octanol–water partition coefficient (Wildman–Crippen LogP) is 4.21. The molecule has 3 rings (SSSR count). The molecular weight excluding hydrogens is 364 g/mol. The van der Waals surface area contributed by atoms with Crippen LogP contribution in [0.5, 0.6) is 0 Å². The number of hydrogen-bond acceptors (Lipinski definition) is 3. The van der Waals surface area contributed by atoms with Crippen molar-refractivity contribution in [1.29, 1.82) is 0 Å². The molecule has 0 radical (unpaired) electrons. The van der Waals surface area contributed by atoms with Gasteiger partial charge >= 0.3 is 6.03 Å². The Morgan fingerprint density at radius 2 is 1.52 bits per heavy atom. The van der Waals surface area contributed by atoms with Gasteiger partial charge in [-0.05, 0) is 49.1 Å². The van der Waals surface area contributed by atoms with Crippen LogP contribution in [0.15, 0.2) is 54.6 Å². The topological polar surface area (TPSA) is 96.2 Å². The summed E-state index contributed by atoms with van der Waals surface area (Å²) >= 11 is 0. The van der Waals surface area contributed by atoms with Crippen LogP contribution in [-0.4, -0.2) is 18.0 Å². The van der Waals surface area contributed by atoms with Gasteiger partial charge in [-0.2, -0.15) is 0 Å². The second-order valence-electron chi connectivity index (χ2n) is 6.63. The normalized spacial score (nSPS) is 18.3. The highest BCUT2D eigenvalue weighted by atomic mass is 35.5. The van der Waals surface area contributed by atoms with Gasteiger partial charge in [-0.1, -0.05) is 30.7 Å². The zero-order valence-corrected chi connectivity index (χ0v) is 15.8. The van der Waals surface area contributed by atoms with Crippen LogP contribution in [0.4, 0.5) is 21.9 Å². The van der Waals surface area contributed by atoms with Gasteiger partial charge in [0.25, 0.3) is 0 Å². The summed E-state index contributed by atoms with van der Waals surface area (Å²) in [6.45, 7) is 0. The zero-order valence-electron chi connectivity index (χ0n) is 15.0. The summed E-state index contributed by atoms with van der Waals surface area (Å²) in [5, 5.41) is 8.40. The van der Waals surface area contributed by atoms with Crippen LogP contribution in [0.3, 0.4) is 0 Å². The Morgan fingerprint density at radius 3 is 2.19 bits per heavy atom. The van der Waals surface area contributed by atoms with Gasteiger partial charge < -0.3 is 21.7 Å². The lowest BCUT2D eigenvalue weighted by Crippen LogP contribution is -2.28. The number of carbonyl (C=O) groups excluding carboxylic acids is 2. The Bertz CT molecular complexity index is 770. The van der Waals surface area contributed by atoms with Crippen LogP contribution >= 0.6 is 12.4 Å². The minimum absolute atomic E-state index is 0. The number of urea groups is 1. The van der Waals surface area contributed by atoms with Gasteiger partial charge in [0.15, 0.2) is 0 Å². The molecule has 2 aromatic carbocycles. The molecule has 0 saturated heterocycles. The van der Waals surface area contributed by atoms with Crippen molar-refractivity contribution in [2.24, 2.45) is 11.7 Å². The first-order chi connectivity index (χ1) is 12.6. The zero-order chi connectivity index (χ0) is 18.4. The fraction of sp³-hybridized carbons (Fsp3) is 0.300. The number of carbonyl (C=O) groups is 2. The Hall–Kier alpha value is -2.57. The first kappa shape index (κ1) is 20.7. The summed E-state index contributed by atoms with van der Waals surface area (Å²) in [7, 11) is 0. The van der Waals surface area contributed by atoms with Crippen molar-refractivity contribution in [3.8, 4) is 0 Å². The molecule has 1 aliphatic rings. The van der Waals surface area contributed by atoms with Gasteiger partial charge in [-0.15, -0.1) is 12.4 Å². The van der Waals surface area contributed by atoms with Crippen molar-refractivity contribution in [3.05, 3.63) is 54.6 Å². The number of nitrogens with one attached hydrogen (secondary N) is 3. The highest BCUT2D eigenvalue weighted by Gasteiger charge is 2.26. The molecule has 0 spiro atoms. The molecule has 3 amide bonds. The Morgan fingerprint density at radius 1 is 0.889 bits per heavy atom. The van der Waals surface area contributed by atoms with Crippen molar-refractivity contribution < 1.29 is 9.59 Å². The van der Waals surface area contributed by atoms with Gasteiger partial charge in [-0.25, -0.2) is 4.79 Å². The maximum Gasteiger partial charge on any atom is 0.323 e. The molecule has 1 aliphatic carbocycles. The molecule has 5 N–H and O–H groups in total. The summed E-state index contributed by atoms with van der Waals surface area (Å²) in [4.78, 5) is 24.3. The largest absolute Gasteiger partial charge is 0.327 e. The van der Waals surface area contributed by atoms with Crippen LogP contribution < -0.4 is 21.7 Å². The Balaban J connectivity index is 0.00000261. The fourth-order valence-corrected chi connectivity index (χ4v) is 3.26. The number of halogens is 1. The van der Waals surface area contributed by atoms with Crippen LogP contribution in [0.25, 0.3) is 0 Å². The highest BCUT2D eigenvalue weighted by molar-refractivity contribution is 6.00. The Labute approximate surface area is 165 Å². The number of amides is 3. The molecular formula is C20H25ClN4O2. The average molecular weight is 389 g/mol. The van der Waals surface area contributed by atoms with Crippen LogP contribution in [0, 0.1) is 5.92 Å². The van der Waals surface area contributed by atoms with E-state index in [2.05, 4.69) is 16.0 Å². The van der Waals surface area contributed by atoms with Crippen molar-refractivity contribution in [3.63, 3.8) is 0 Å². The third-order valence-electron chi connectivity index (χ3n) is 4.60. The van der Waals surface area contributed by atoms with E-state index in [0.29, 0.717) is 23.5 Å². The molecule has 7 heteroatoms.